The third-order valence-electron chi connectivity index (χ3n) is 2.48. The lowest BCUT2D eigenvalue weighted by molar-refractivity contribution is -0.117. The van der Waals surface area contributed by atoms with E-state index in [1.807, 2.05) is 0 Å². The summed E-state index contributed by atoms with van der Waals surface area (Å²) in [5.74, 6) is -0.0184. The maximum absolute atomic E-state index is 11.7. The number of anilines is 1. The Kier molecular flexibility index (Phi) is 3.42. The van der Waals surface area contributed by atoms with Crippen LogP contribution in [0.1, 0.15) is 16.9 Å². The van der Waals surface area contributed by atoms with E-state index in [9.17, 15) is 9.59 Å². The van der Waals surface area contributed by atoms with E-state index >= 15 is 0 Å². The molecule has 1 unspecified atom stereocenters. The van der Waals surface area contributed by atoms with Gasteiger partial charge in [0.15, 0.2) is 5.69 Å². The van der Waals surface area contributed by atoms with Gasteiger partial charge in [0, 0.05) is 17.8 Å². The molecule has 90 valence electrons. The monoisotopic (exact) mass is 298 g/mol. The van der Waals surface area contributed by atoms with Gasteiger partial charge in [0.1, 0.15) is 5.82 Å². The summed E-state index contributed by atoms with van der Waals surface area (Å²) in [5.41, 5.74) is 0.204. The molecule has 0 bridgehead atoms. The molecule has 1 saturated heterocycles. The number of rotatable bonds is 2. The number of halogens is 1. The quantitative estimate of drug-likeness (QED) is 0.611. The van der Waals surface area contributed by atoms with E-state index in [2.05, 4.69) is 25.7 Å². The molecule has 1 aliphatic rings. The largest absolute Gasteiger partial charge is 0.464 e. The number of esters is 1. The number of methoxy groups -OCH3 is 1. The van der Waals surface area contributed by atoms with Crippen molar-refractivity contribution in [1.82, 2.24) is 4.98 Å². The minimum atomic E-state index is -0.506. The highest BCUT2D eigenvalue weighted by atomic mass is 79.9. The molecule has 0 saturated carbocycles. The van der Waals surface area contributed by atoms with E-state index in [1.54, 1.807) is 23.1 Å². The maximum atomic E-state index is 11.7. The minimum absolute atomic E-state index is 0.00129. The summed E-state index contributed by atoms with van der Waals surface area (Å²) in [4.78, 5) is 28.8. The predicted octanol–water partition coefficient (Wildman–Crippen LogP) is 1.37. The number of aromatic nitrogens is 1. The number of ether oxygens (including phenoxy) is 1. The van der Waals surface area contributed by atoms with Gasteiger partial charge >= 0.3 is 5.97 Å². The zero-order valence-corrected chi connectivity index (χ0v) is 10.8. The molecule has 1 fully saturated rings. The van der Waals surface area contributed by atoms with E-state index in [4.69, 9.17) is 0 Å². The maximum Gasteiger partial charge on any atom is 0.356 e. The van der Waals surface area contributed by atoms with E-state index in [-0.39, 0.29) is 16.4 Å². The molecular formula is C11H11BrN2O3. The Morgan fingerprint density at radius 3 is 2.94 bits per heavy atom. The van der Waals surface area contributed by atoms with Gasteiger partial charge in [-0.3, -0.25) is 9.69 Å². The number of carbonyl (C=O) groups is 2. The Morgan fingerprint density at radius 2 is 2.35 bits per heavy atom. The van der Waals surface area contributed by atoms with Crippen molar-refractivity contribution in [3.05, 3.63) is 23.9 Å². The molecule has 17 heavy (non-hydrogen) atoms. The molecule has 1 aromatic rings. The number of alkyl halides is 1. The lowest BCUT2D eigenvalue weighted by Gasteiger charge is -2.14. The van der Waals surface area contributed by atoms with E-state index in [0.29, 0.717) is 18.8 Å². The van der Waals surface area contributed by atoms with Crippen LogP contribution in [0.3, 0.4) is 0 Å². The van der Waals surface area contributed by atoms with Crippen molar-refractivity contribution in [2.45, 2.75) is 11.2 Å². The van der Waals surface area contributed by atoms with Crippen molar-refractivity contribution in [3.8, 4) is 0 Å². The fourth-order valence-electron chi connectivity index (χ4n) is 1.68. The molecule has 1 atom stereocenters. The van der Waals surface area contributed by atoms with E-state index in [0.717, 1.165) is 0 Å². The van der Waals surface area contributed by atoms with E-state index in [1.165, 1.54) is 7.11 Å². The third-order valence-corrected chi connectivity index (χ3v) is 3.10. The summed E-state index contributed by atoms with van der Waals surface area (Å²) in [6, 6.07) is 4.94. The first-order valence-corrected chi connectivity index (χ1v) is 6.03. The van der Waals surface area contributed by atoms with Gasteiger partial charge in [-0.2, -0.15) is 0 Å². The summed E-state index contributed by atoms with van der Waals surface area (Å²) in [5, 5.41) is 0. The standard InChI is InChI=1S/C11H11BrN2O3/c1-17-11(16)8-3-2-4-9(13-8)14-6-7(12)5-10(14)15/h2-4,7H,5-6H2,1H3. The lowest BCUT2D eigenvalue weighted by atomic mass is 10.3. The molecule has 6 heteroatoms. The second-order valence-electron chi connectivity index (χ2n) is 3.68. The average Bonchev–Trinajstić information content (AvgIpc) is 2.67. The highest BCUT2D eigenvalue weighted by molar-refractivity contribution is 9.09. The van der Waals surface area contributed by atoms with Crippen LogP contribution in [-0.2, 0) is 9.53 Å². The van der Waals surface area contributed by atoms with Gasteiger partial charge < -0.3 is 4.74 Å². The Morgan fingerprint density at radius 1 is 1.59 bits per heavy atom. The van der Waals surface area contributed by atoms with Crippen LogP contribution in [0.5, 0.6) is 0 Å². The van der Waals surface area contributed by atoms with Gasteiger partial charge in [-0.05, 0) is 12.1 Å². The van der Waals surface area contributed by atoms with Gasteiger partial charge in [0.25, 0.3) is 0 Å². The minimum Gasteiger partial charge on any atom is -0.464 e. The van der Waals surface area contributed by atoms with Gasteiger partial charge in [0.2, 0.25) is 5.91 Å². The summed E-state index contributed by atoms with van der Waals surface area (Å²) in [6.07, 6.45) is 0.449. The van der Waals surface area contributed by atoms with Crippen molar-refractivity contribution >= 4 is 33.6 Å². The van der Waals surface area contributed by atoms with Crippen LogP contribution in [0.4, 0.5) is 5.82 Å². The second kappa shape index (κ2) is 4.83. The summed E-state index contributed by atoms with van der Waals surface area (Å²) < 4.78 is 4.59. The lowest BCUT2D eigenvalue weighted by Crippen LogP contribution is -2.26. The molecular weight excluding hydrogens is 288 g/mol. The third kappa shape index (κ3) is 2.46. The van der Waals surface area contributed by atoms with Crippen LogP contribution in [-0.4, -0.2) is 35.3 Å². The molecule has 2 heterocycles. The molecule has 0 aromatic carbocycles. The molecule has 1 aliphatic heterocycles. The highest BCUT2D eigenvalue weighted by Gasteiger charge is 2.29. The Bertz CT molecular complexity index is 464. The number of nitrogens with zero attached hydrogens (tertiary/aromatic N) is 2. The van der Waals surface area contributed by atoms with Crippen molar-refractivity contribution in [2.75, 3.05) is 18.6 Å². The summed E-state index contributed by atoms with van der Waals surface area (Å²) in [6.45, 7) is 0.566. The number of amides is 1. The summed E-state index contributed by atoms with van der Waals surface area (Å²) in [7, 11) is 1.30. The van der Waals surface area contributed by atoms with Crippen molar-refractivity contribution < 1.29 is 14.3 Å². The zero-order chi connectivity index (χ0) is 12.4. The van der Waals surface area contributed by atoms with Crippen molar-refractivity contribution in [3.63, 3.8) is 0 Å². The first-order valence-electron chi connectivity index (χ1n) is 5.11. The van der Waals surface area contributed by atoms with Crippen LogP contribution in [0.15, 0.2) is 18.2 Å². The van der Waals surface area contributed by atoms with Crippen molar-refractivity contribution in [2.24, 2.45) is 0 Å². The number of pyridine rings is 1. The smallest absolute Gasteiger partial charge is 0.356 e. The molecule has 2 rings (SSSR count). The molecule has 1 aromatic heterocycles. The molecule has 5 nitrogen and oxygen atoms in total. The van der Waals surface area contributed by atoms with Crippen LogP contribution in [0.2, 0.25) is 0 Å². The van der Waals surface area contributed by atoms with Crippen LogP contribution < -0.4 is 4.90 Å². The van der Waals surface area contributed by atoms with Gasteiger partial charge in [-0.15, -0.1) is 0 Å². The fourth-order valence-corrected chi connectivity index (χ4v) is 2.24. The first-order chi connectivity index (χ1) is 8.11. The van der Waals surface area contributed by atoms with Crippen molar-refractivity contribution in [1.29, 1.82) is 0 Å². The zero-order valence-electron chi connectivity index (χ0n) is 9.22. The molecule has 0 N–H and O–H groups in total. The first kappa shape index (κ1) is 12.0. The topological polar surface area (TPSA) is 59.5 Å². The van der Waals surface area contributed by atoms with Gasteiger partial charge in [-0.25, -0.2) is 9.78 Å². The Labute approximate surface area is 107 Å². The number of carbonyl (C=O) groups excluding carboxylic acids is 2. The number of hydrogen-bond acceptors (Lipinski definition) is 4. The molecule has 0 aliphatic carbocycles. The predicted molar refractivity (Wildman–Crippen MR) is 65.3 cm³/mol. The molecule has 0 radical (unpaired) electrons. The van der Waals surface area contributed by atoms with Crippen LogP contribution in [0.25, 0.3) is 0 Å². The molecule has 1 amide bonds. The van der Waals surface area contributed by atoms with Crippen LogP contribution >= 0.6 is 15.9 Å². The van der Waals surface area contributed by atoms with Crippen LogP contribution in [0, 0.1) is 0 Å². The second-order valence-corrected chi connectivity index (χ2v) is 4.97. The SMILES string of the molecule is COC(=O)c1cccc(N2CC(Br)CC2=O)n1. The average molecular weight is 299 g/mol. The Hall–Kier alpha value is -1.43. The highest BCUT2D eigenvalue weighted by Crippen LogP contribution is 2.23. The molecule has 0 spiro atoms. The fraction of sp³-hybridized carbons (Fsp3) is 0.364. The Balaban J connectivity index is 2.27. The van der Waals surface area contributed by atoms with E-state index < -0.39 is 5.97 Å². The summed E-state index contributed by atoms with van der Waals surface area (Å²) >= 11 is 3.40. The normalized spacial score (nSPS) is 19.5. The van der Waals surface area contributed by atoms with Gasteiger partial charge in [-0.1, -0.05) is 22.0 Å². The van der Waals surface area contributed by atoms with Gasteiger partial charge in [0.05, 0.1) is 7.11 Å². The number of hydrogen-bond donors (Lipinski definition) is 0.